The van der Waals surface area contributed by atoms with Gasteiger partial charge in [0.2, 0.25) is 0 Å². The molecular weight excluding hydrogens is 350 g/mol. The predicted octanol–water partition coefficient (Wildman–Crippen LogP) is 4.05. The third-order valence-corrected chi connectivity index (χ3v) is 5.21. The molecule has 28 heavy (non-hydrogen) atoms. The molecule has 6 nitrogen and oxygen atoms in total. The van der Waals surface area contributed by atoms with Crippen molar-refractivity contribution in [3.8, 4) is 0 Å². The van der Waals surface area contributed by atoms with Gasteiger partial charge >= 0.3 is 6.03 Å². The number of carbonyl (C=O) groups excluding carboxylic acids is 1. The second-order valence-corrected chi connectivity index (χ2v) is 7.42. The number of benzene rings is 2. The number of likely N-dealkylation sites (tertiary alicyclic amines) is 1. The normalized spacial score (nSPS) is 16.8. The molecule has 144 valence electrons. The highest BCUT2D eigenvalue weighted by Gasteiger charge is 2.24. The maximum atomic E-state index is 12.8. The maximum absolute atomic E-state index is 12.8. The minimum absolute atomic E-state index is 0.0322. The largest absolute Gasteiger partial charge is 0.324 e. The first-order chi connectivity index (χ1) is 13.7. The molecule has 1 atom stereocenters. The van der Waals surface area contributed by atoms with E-state index in [-0.39, 0.29) is 6.03 Å². The monoisotopic (exact) mass is 375 g/mol. The molecular formula is C22H25N5O. The molecule has 1 aromatic heterocycles. The van der Waals surface area contributed by atoms with E-state index >= 15 is 0 Å². The number of anilines is 1. The van der Waals surface area contributed by atoms with Gasteiger partial charge in [-0.15, -0.1) is 0 Å². The van der Waals surface area contributed by atoms with Crippen LogP contribution < -0.4 is 5.32 Å². The molecule has 4 rings (SSSR count). The van der Waals surface area contributed by atoms with Gasteiger partial charge in [-0.3, -0.25) is 0 Å². The lowest BCUT2D eigenvalue weighted by Gasteiger charge is -2.33. The van der Waals surface area contributed by atoms with Crippen molar-refractivity contribution in [3.63, 3.8) is 0 Å². The van der Waals surface area contributed by atoms with E-state index in [1.54, 1.807) is 11.0 Å². The van der Waals surface area contributed by atoms with Gasteiger partial charge in [0, 0.05) is 24.7 Å². The summed E-state index contributed by atoms with van der Waals surface area (Å²) in [5.74, 6) is 0.401. The Hall–Kier alpha value is -3.15. The summed E-state index contributed by atoms with van der Waals surface area (Å²) in [6, 6.07) is 16.5. The number of urea groups is 1. The van der Waals surface area contributed by atoms with E-state index < -0.39 is 0 Å². The van der Waals surface area contributed by atoms with Crippen LogP contribution in [0.4, 0.5) is 10.5 Å². The quantitative estimate of drug-likeness (QED) is 0.748. The van der Waals surface area contributed by atoms with E-state index in [1.807, 2.05) is 29.2 Å². The SMILES string of the molecule is Cc1cccc([C@H]2CCCN(C(=O)Nc3cccc(Cn4cncn4)c3)C2)c1. The van der Waals surface area contributed by atoms with Gasteiger partial charge in [-0.1, -0.05) is 42.0 Å². The molecule has 0 spiro atoms. The molecule has 1 fully saturated rings. The Kier molecular flexibility index (Phi) is 5.37. The molecule has 2 aromatic carbocycles. The molecule has 3 aromatic rings. The number of nitrogens with one attached hydrogen (secondary N) is 1. The molecule has 0 bridgehead atoms. The molecule has 1 saturated heterocycles. The van der Waals surface area contributed by atoms with Gasteiger partial charge < -0.3 is 10.2 Å². The van der Waals surface area contributed by atoms with Gasteiger partial charge in [0.25, 0.3) is 0 Å². The molecule has 2 amide bonds. The second kappa shape index (κ2) is 8.25. The molecule has 1 N–H and O–H groups in total. The highest BCUT2D eigenvalue weighted by molar-refractivity contribution is 5.89. The third kappa shape index (κ3) is 4.39. The summed E-state index contributed by atoms with van der Waals surface area (Å²) < 4.78 is 1.76. The van der Waals surface area contributed by atoms with Crippen LogP contribution in [0.2, 0.25) is 0 Å². The minimum atomic E-state index is -0.0322. The summed E-state index contributed by atoms with van der Waals surface area (Å²) in [5, 5.41) is 7.19. The number of nitrogens with zero attached hydrogens (tertiary/aromatic N) is 4. The second-order valence-electron chi connectivity index (χ2n) is 7.42. The molecule has 0 radical (unpaired) electrons. The Bertz CT molecular complexity index is 938. The topological polar surface area (TPSA) is 63.1 Å². The van der Waals surface area contributed by atoms with Gasteiger partial charge in [0.15, 0.2) is 0 Å². The van der Waals surface area contributed by atoms with Crippen LogP contribution in [0.5, 0.6) is 0 Å². The Morgan fingerprint density at radius 2 is 2.11 bits per heavy atom. The zero-order valence-corrected chi connectivity index (χ0v) is 16.1. The van der Waals surface area contributed by atoms with E-state index in [4.69, 9.17) is 0 Å². The van der Waals surface area contributed by atoms with Crippen LogP contribution in [0.15, 0.2) is 61.2 Å². The predicted molar refractivity (Wildman–Crippen MR) is 109 cm³/mol. The van der Waals surface area contributed by atoms with E-state index in [2.05, 4.69) is 46.6 Å². The first-order valence-corrected chi connectivity index (χ1v) is 9.71. The molecule has 2 heterocycles. The first-order valence-electron chi connectivity index (χ1n) is 9.71. The number of piperidine rings is 1. The number of rotatable bonds is 4. The first kappa shape index (κ1) is 18.2. The summed E-state index contributed by atoms with van der Waals surface area (Å²) in [7, 11) is 0. The average Bonchev–Trinajstić information content (AvgIpc) is 3.21. The standard InChI is InChI=1S/C22H25N5O/c1-17-5-2-7-19(11-17)20-8-4-10-26(14-20)22(28)25-21-9-3-6-18(12-21)13-27-16-23-15-24-27/h2-3,5-7,9,11-12,15-16,20H,4,8,10,13-14H2,1H3,(H,25,28)/t20-/m0/s1. The van der Waals surface area contributed by atoms with Crippen LogP contribution >= 0.6 is 0 Å². The summed E-state index contributed by atoms with van der Waals surface area (Å²) in [6.45, 7) is 4.30. The molecule has 0 aliphatic carbocycles. The molecule has 1 aliphatic heterocycles. The zero-order valence-electron chi connectivity index (χ0n) is 16.1. The number of carbonyl (C=O) groups is 1. The fourth-order valence-corrected chi connectivity index (χ4v) is 3.81. The highest BCUT2D eigenvalue weighted by Crippen LogP contribution is 2.28. The van der Waals surface area contributed by atoms with Crippen molar-refractivity contribution in [3.05, 3.63) is 77.9 Å². The Morgan fingerprint density at radius 1 is 1.21 bits per heavy atom. The number of aromatic nitrogens is 3. The lowest BCUT2D eigenvalue weighted by Crippen LogP contribution is -2.41. The lowest BCUT2D eigenvalue weighted by atomic mass is 9.90. The Balaban J connectivity index is 1.40. The van der Waals surface area contributed by atoms with E-state index in [0.717, 1.165) is 37.2 Å². The van der Waals surface area contributed by atoms with Crippen molar-refractivity contribution in [2.45, 2.75) is 32.2 Å². The van der Waals surface area contributed by atoms with Crippen molar-refractivity contribution in [2.75, 3.05) is 18.4 Å². The average molecular weight is 375 g/mol. The number of hydrogen-bond donors (Lipinski definition) is 1. The van der Waals surface area contributed by atoms with Crippen molar-refractivity contribution < 1.29 is 4.79 Å². The Labute approximate surface area is 165 Å². The van der Waals surface area contributed by atoms with Gasteiger partial charge in [0.05, 0.1) is 6.54 Å². The van der Waals surface area contributed by atoms with Crippen LogP contribution in [-0.2, 0) is 6.54 Å². The van der Waals surface area contributed by atoms with Crippen LogP contribution in [0.1, 0.15) is 35.4 Å². The summed E-state index contributed by atoms with van der Waals surface area (Å²) >= 11 is 0. The summed E-state index contributed by atoms with van der Waals surface area (Å²) in [4.78, 5) is 18.7. The van der Waals surface area contributed by atoms with Crippen molar-refractivity contribution in [1.82, 2.24) is 19.7 Å². The Morgan fingerprint density at radius 3 is 2.93 bits per heavy atom. The minimum Gasteiger partial charge on any atom is -0.324 e. The van der Waals surface area contributed by atoms with Crippen LogP contribution in [0.3, 0.4) is 0 Å². The van der Waals surface area contributed by atoms with E-state index in [9.17, 15) is 4.79 Å². The number of hydrogen-bond acceptors (Lipinski definition) is 3. The summed E-state index contributed by atoms with van der Waals surface area (Å²) in [5.41, 5.74) is 4.47. The van der Waals surface area contributed by atoms with Crippen LogP contribution in [0.25, 0.3) is 0 Å². The molecule has 1 aliphatic rings. The molecule has 0 unspecified atom stereocenters. The van der Waals surface area contributed by atoms with E-state index in [1.165, 1.54) is 17.5 Å². The van der Waals surface area contributed by atoms with Gasteiger partial charge in [-0.2, -0.15) is 5.10 Å². The molecule has 0 saturated carbocycles. The zero-order chi connectivity index (χ0) is 19.3. The van der Waals surface area contributed by atoms with E-state index in [0.29, 0.717) is 12.5 Å². The smallest absolute Gasteiger partial charge is 0.321 e. The fraction of sp³-hybridized carbons (Fsp3) is 0.318. The van der Waals surface area contributed by atoms with Gasteiger partial charge in [-0.25, -0.2) is 14.5 Å². The van der Waals surface area contributed by atoms with Crippen molar-refractivity contribution in [1.29, 1.82) is 0 Å². The fourth-order valence-electron chi connectivity index (χ4n) is 3.81. The number of amides is 2. The maximum Gasteiger partial charge on any atom is 0.321 e. The summed E-state index contributed by atoms with van der Waals surface area (Å²) in [6.07, 6.45) is 5.36. The molecule has 6 heteroatoms. The van der Waals surface area contributed by atoms with Gasteiger partial charge in [0.1, 0.15) is 12.7 Å². The van der Waals surface area contributed by atoms with Crippen LogP contribution in [-0.4, -0.2) is 38.8 Å². The third-order valence-electron chi connectivity index (χ3n) is 5.21. The lowest BCUT2D eigenvalue weighted by molar-refractivity contribution is 0.193. The van der Waals surface area contributed by atoms with Crippen molar-refractivity contribution in [2.24, 2.45) is 0 Å². The highest BCUT2D eigenvalue weighted by atomic mass is 16.2. The number of aryl methyl sites for hydroxylation is 1. The van der Waals surface area contributed by atoms with Crippen molar-refractivity contribution >= 4 is 11.7 Å². The van der Waals surface area contributed by atoms with Crippen LogP contribution in [0, 0.1) is 6.92 Å². The van der Waals surface area contributed by atoms with Gasteiger partial charge in [-0.05, 0) is 43.0 Å².